The van der Waals surface area contributed by atoms with E-state index in [2.05, 4.69) is 0 Å². The molecule has 0 aromatic carbocycles. The van der Waals surface area contributed by atoms with E-state index in [-0.39, 0.29) is 23.7 Å². The van der Waals surface area contributed by atoms with Gasteiger partial charge in [-0.1, -0.05) is 0 Å². The maximum Gasteiger partial charge on any atom is 0.240 e. The second kappa shape index (κ2) is 5.93. The molecule has 1 heterocycles. The SMILES string of the molecule is NC(=O)C1CCC(C(N)C(=O)N2CCSC2)CC1. The Bertz CT molecular complexity index is 323. The molecule has 1 saturated carbocycles. The second-order valence-corrected chi connectivity index (χ2v) is 6.25. The van der Waals surface area contributed by atoms with Gasteiger partial charge in [-0.3, -0.25) is 9.59 Å². The number of primary amides is 1. The number of nitrogens with two attached hydrogens (primary N) is 2. The molecule has 1 unspecified atom stereocenters. The lowest BCUT2D eigenvalue weighted by atomic mass is 9.78. The van der Waals surface area contributed by atoms with E-state index < -0.39 is 6.04 Å². The Morgan fingerprint density at radius 2 is 1.89 bits per heavy atom. The number of carbonyl (C=O) groups excluding carboxylic acids is 2. The second-order valence-electron chi connectivity index (χ2n) is 5.18. The molecule has 0 bridgehead atoms. The Morgan fingerprint density at radius 3 is 2.39 bits per heavy atom. The molecule has 18 heavy (non-hydrogen) atoms. The van der Waals surface area contributed by atoms with E-state index >= 15 is 0 Å². The van der Waals surface area contributed by atoms with Gasteiger partial charge in [0.25, 0.3) is 0 Å². The molecule has 0 aromatic rings. The van der Waals surface area contributed by atoms with Crippen LogP contribution in [0, 0.1) is 11.8 Å². The van der Waals surface area contributed by atoms with Crippen molar-refractivity contribution < 1.29 is 9.59 Å². The summed E-state index contributed by atoms with van der Waals surface area (Å²) in [6.45, 7) is 0.813. The first kappa shape index (κ1) is 13.7. The zero-order chi connectivity index (χ0) is 13.1. The van der Waals surface area contributed by atoms with Gasteiger partial charge in [-0.2, -0.15) is 0 Å². The average Bonchev–Trinajstić information content (AvgIpc) is 2.91. The van der Waals surface area contributed by atoms with Crippen molar-refractivity contribution in [3.05, 3.63) is 0 Å². The van der Waals surface area contributed by atoms with Gasteiger partial charge < -0.3 is 16.4 Å². The van der Waals surface area contributed by atoms with Crippen LogP contribution in [0.4, 0.5) is 0 Å². The smallest absolute Gasteiger partial charge is 0.240 e. The Morgan fingerprint density at radius 1 is 1.22 bits per heavy atom. The summed E-state index contributed by atoms with van der Waals surface area (Å²) in [5.41, 5.74) is 11.4. The zero-order valence-electron chi connectivity index (χ0n) is 10.5. The normalized spacial score (nSPS) is 30.2. The first-order valence-corrected chi connectivity index (χ1v) is 7.66. The Balaban J connectivity index is 1.84. The standard InChI is InChI=1S/C12H21N3O2S/c13-10(12(17)15-5-6-18-7-15)8-1-3-9(4-2-8)11(14)16/h8-10H,1-7,13H2,(H2,14,16). The number of hydrogen-bond donors (Lipinski definition) is 2. The van der Waals surface area contributed by atoms with Crippen LogP contribution in [0.15, 0.2) is 0 Å². The van der Waals surface area contributed by atoms with Gasteiger partial charge in [-0.15, -0.1) is 11.8 Å². The van der Waals surface area contributed by atoms with Crippen molar-refractivity contribution in [1.29, 1.82) is 0 Å². The van der Waals surface area contributed by atoms with Crippen LogP contribution in [0.2, 0.25) is 0 Å². The molecule has 6 heteroatoms. The van der Waals surface area contributed by atoms with Gasteiger partial charge >= 0.3 is 0 Å². The third-order valence-electron chi connectivity index (χ3n) is 4.03. The number of hydrogen-bond acceptors (Lipinski definition) is 4. The minimum Gasteiger partial charge on any atom is -0.369 e. The molecule has 2 amide bonds. The summed E-state index contributed by atoms with van der Waals surface area (Å²) in [6.07, 6.45) is 3.22. The van der Waals surface area contributed by atoms with Gasteiger partial charge in [0.05, 0.1) is 11.9 Å². The highest BCUT2D eigenvalue weighted by Gasteiger charge is 2.33. The van der Waals surface area contributed by atoms with Gasteiger partial charge in [0.2, 0.25) is 11.8 Å². The molecule has 0 aromatic heterocycles. The van der Waals surface area contributed by atoms with Crippen LogP contribution in [-0.2, 0) is 9.59 Å². The van der Waals surface area contributed by atoms with Gasteiger partial charge in [-0.05, 0) is 31.6 Å². The summed E-state index contributed by atoms with van der Waals surface area (Å²) >= 11 is 1.77. The molecule has 102 valence electrons. The minimum absolute atomic E-state index is 0.0223. The Kier molecular flexibility index (Phi) is 4.50. The van der Waals surface area contributed by atoms with Crippen LogP contribution in [0.1, 0.15) is 25.7 Å². The maximum atomic E-state index is 12.2. The number of thioether (sulfide) groups is 1. The van der Waals surface area contributed by atoms with Gasteiger partial charge in [0.15, 0.2) is 0 Å². The van der Waals surface area contributed by atoms with Crippen molar-refractivity contribution in [2.24, 2.45) is 23.3 Å². The van der Waals surface area contributed by atoms with Crippen molar-refractivity contribution in [1.82, 2.24) is 4.90 Å². The van der Waals surface area contributed by atoms with Crippen LogP contribution in [0.3, 0.4) is 0 Å². The monoisotopic (exact) mass is 271 g/mol. The van der Waals surface area contributed by atoms with Gasteiger partial charge in [0.1, 0.15) is 0 Å². The molecule has 1 saturated heterocycles. The van der Waals surface area contributed by atoms with Crippen molar-refractivity contribution in [2.45, 2.75) is 31.7 Å². The molecule has 2 rings (SSSR count). The van der Waals surface area contributed by atoms with Crippen LogP contribution in [-0.4, -0.2) is 40.9 Å². The molecule has 5 nitrogen and oxygen atoms in total. The summed E-state index contributed by atoms with van der Waals surface area (Å²) < 4.78 is 0. The lowest BCUT2D eigenvalue weighted by Gasteiger charge is -2.31. The fourth-order valence-electron chi connectivity index (χ4n) is 2.76. The van der Waals surface area contributed by atoms with Crippen LogP contribution >= 0.6 is 11.8 Å². The summed E-state index contributed by atoms with van der Waals surface area (Å²) in [7, 11) is 0. The molecule has 1 atom stereocenters. The van der Waals surface area contributed by atoms with Crippen molar-refractivity contribution in [2.75, 3.05) is 18.2 Å². The van der Waals surface area contributed by atoms with Gasteiger partial charge in [0, 0.05) is 18.2 Å². The fraction of sp³-hybridized carbons (Fsp3) is 0.833. The van der Waals surface area contributed by atoms with Crippen molar-refractivity contribution in [3.8, 4) is 0 Å². The molecule has 2 aliphatic rings. The van der Waals surface area contributed by atoms with E-state index in [9.17, 15) is 9.59 Å². The van der Waals surface area contributed by atoms with E-state index in [4.69, 9.17) is 11.5 Å². The summed E-state index contributed by atoms with van der Waals surface area (Å²) in [5.74, 6) is 1.81. The Hall–Kier alpha value is -0.750. The lowest BCUT2D eigenvalue weighted by Crippen LogP contribution is -2.48. The third-order valence-corrected chi connectivity index (χ3v) is 5.00. The van der Waals surface area contributed by atoms with Crippen molar-refractivity contribution in [3.63, 3.8) is 0 Å². The van der Waals surface area contributed by atoms with Crippen LogP contribution < -0.4 is 11.5 Å². The summed E-state index contributed by atoms with van der Waals surface area (Å²) in [4.78, 5) is 25.1. The molecular formula is C12H21N3O2S. The van der Waals surface area contributed by atoms with E-state index in [1.54, 1.807) is 11.8 Å². The topological polar surface area (TPSA) is 89.4 Å². The molecule has 1 aliphatic carbocycles. The number of nitrogens with zero attached hydrogens (tertiary/aromatic N) is 1. The number of carbonyl (C=O) groups is 2. The molecule has 2 fully saturated rings. The highest BCUT2D eigenvalue weighted by Crippen LogP contribution is 2.31. The minimum atomic E-state index is -0.405. The zero-order valence-corrected chi connectivity index (χ0v) is 11.3. The van der Waals surface area contributed by atoms with E-state index in [1.165, 1.54) is 0 Å². The predicted octanol–water partition coefficient (Wildman–Crippen LogP) is 0.138. The van der Waals surface area contributed by atoms with E-state index in [0.29, 0.717) is 0 Å². The summed E-state index contributed by atoms with van der Waals surface area (Å²) in [5, 5.41) is 0. The number of amides is 2. The fourth-order valence-corrected chi connectivity index (χ4v) is 3.72. The molecule has 0 spiro atoms. The van der Waals surface area contributed by atoms with Gasteiger partial charge in [-0.25, -0.2) is 0 Å². The first-order valence-electron chi connectivity index (χ1n) is 6.51. The Labute approximate surface area is 112 Å². The quantitative estimate of drug-likeness (QED) is 0.764. The third kappa shape index (κ3) is 2.98. The predicted molar refractivity (Wildman–Crippen MR) is 71.7 cm³/mol. The maximum absolute atomic E-state index is 12.2. The number of rotatable bonds is 3. The van der Waals surface area contributed by atoms with E-state index in [1.807, 2.05) is 4.90 Å². The average molecular weight is 271 g/mol. The van der Waals surface area contributed by atoms with Crippen molar-refractivity contribution >= 4 is 23.6 Å². The largest absolute Gasteiger partial charge is 0.369 e. The molecule has 0 radical (unpaired) electrons. The molecular weight excluding hydrogens is 250 g/mol. The highest BCUT2D eigenvalue weighted by atomic mass is 32.2. The molecule has 4 N–H and O–H groups in total. The lowest BCUT2D eigenvalue weighted by molar-refractivity contribution is -0.132. The van der Waals surface area contributed by atoms with E-state index in [0.717, 1.165) is 43.9 Å². The van der Waals surface area contributed by atoms with Crippen LogP contribution in [0.5, 0.6) is 0 Å². The molecule has 1 aliphatic heterocycles. The first-order chi connectivity index (χ1) is 8.59. The summed E-state index contributed by atoms with van der Waals surface area (Å²) in [6, 6.07) is -0.405. The van der Waals surface area contributed by atoms with Crippen LogP contribution in [0.25, 0.3) is 0 Å². The highest BCUT2D eigenvalue weighted by molar-refractivity contribution is 7.99.